The first kappa shape index (κ1) is 15.6. The van der Waals surface area contributed by atoms with Crippen LogP contribution in [0, 0.1) is 11.8 Å². The summed E-state index contributed by atoms with van der Waals surface area (Å²) in [6, 6.07) is -0.286. The molecule has 0 aromatic heterocycles. The first-order valence-electron chi connectivity index (χ1n) is 7.44. The highest BCUT2D eigenvalue weighted by Crippen LogP contribution is 2.36. The van der Waals surface area contributed by atoms with Gasteiger partial charge in [-0.15, -0.1) is 0 Å². The highest BCUT2D eigenvalue weighted by atomic mass is 19.4. The molecule has 1 saturated carbocycles. The standard InChI is InChI=1S/C14H23F3N2O/c1-10(12-3-4-12)19(9-14(15,16)17)13(20)5-2-11-6-7-18-8-11/h10-12,18H,2-9H2,1H3. The minimum absolute atomic E-state index is 0.236. The molecule has 6 heteroatoms. The molecule has 20 heavy (non-hydrogen) atoms. The van der Waals surface area contributed by atoms with E-state index in [4.69, 9.17) is 0 Å². The van der Waals surface area contributed by atoms with Gasteiger partial charge in [0.2, 0.25) is 5.91 Å². The maximum atomic E-state index is 12.6. The minimum Gasteiger partial charge on any atom is -0.331 e. The Morgan fingerprint density at radius 2 is 2.05 bits per heavy atom. The average molecular weight is 292 g/mol. The SMILES string of the molecule is CC(C1CC1)N(CC(F)(F)F)C(=O)CCC1CCNC1. The summed E-state index contributed by atoms with van der Waals surface area (Å²) < 4.78 is 37.9. The second-order valence-corrected chi connectivity index (χ2v) is 6.11. The lowest BCUT2D eigenvalue weighted by Crippen LogP contribution is -2.45. The van der Waals surface area contributed by atoms with E-state index in [9.17, 15) is 18.0 Å². The third-order valence-corrected chi connectivity index (χ3v) is 4.39. The molecule has 0 aromatic carbocycles. The van der Waals surface area contributed by atoms with Gasteiger partial charge in [-0.1, -0.05) is 0 Å². The van der Waals surface area contributed by atoms with Gasteiger partial charge in [-0.2, -0.15) is 13.2 Å². The maximum absolute atomic E-state index is 12.6. The topological polar surface area (TPSA) is 32.3 Å². The molecule has 1 saturated heterocycles. The lowest BCUT2D eigenvalue weighted by Gasteiger charge is -2.30. The van der Waals surface area contributed by atoms with Gasteiger partial charge in [0.1, 0.15) is 6.54 Å². The van der Waals surface area contributed by atoms with Crippen LogP contribution in [-0.4, -0.2) is 42.7 Å². The molecule has 1 aliphatic carbocycles. The van der Waals surface area contributed by atoms with E-state index in [1.807, 2.05) is 0 Å². The molecule has 0 aromatic rings. The summed E-state index contributed by atoms with van der Waals surface area (Å²) in [4.78, 5) is 13.2. The van der Waals surface area contributed by atoms with Gasteiger partial charge in [0, 0.05) is 12.5 Å². The van der Waals surface area contributed by atoms with E-state index in [1.165, 1.54) is 0 Å². The number of amides is 1. The van der Waals surface area contributed by atoms with Crippen LogP contribution in [0.15, 0.2) is 0 Å². The number of hydrogen-bond donors (Lipinski definition) is 1. The van der Waals surface area contributed by atoms with Crippen molar-refractivity contribution >= 4 is 5.91 Å². The first-order chi connectivity index (χ1) is 9.37. The molecule has 1 N–H and O–H groups in total. The van der Waals surface area contributed by atoms with Crippen molar-refractivity contribution in [1.29, 1.82) is 0 Å². The number of nitrogens with one attached hydrogen (secondary N) is 1. The van der Waals surface area contributed by atoms with E-state index in [-0.39, 0.29) is 24.3 Å². The van der Waals surface area contributed by atoms with Gasteiger partial charge < -0.3 is 10.2 Å². The van der Waals surface area contributed by atoms with Crippen molar-refractivity contribution < 1.29 is 18.0 Å². The second kappa shape index (κ2) is 6.33. The van der Waals surface area contributed by atoms with Crippen molar-refractivity contribution in [3.63, 3.8) is 0 Å². The smallest absolute Gasteiger partial charge is 0.331 e. The Kier molecular flexibility index (Phi) is 4.94. The van der Waals surface area contributed by atoms with Crippen molar-refractivity contribution in [3.05, 3.63) is 0 Å². The van der Waals surface area contributed by atoms with Crippen LogP contribution in [0.5, 0.6) is 0 Å². The molecule has 3 nitrogen and oxygen atoms in total. The fraction of sp³-hybridized carbons (Fsp3) is 0.929. The number of carbonyl (C=O) groups is 1. The van der Waals surface area contributed by atoms with Gasteiger partial charge in [0.25, 0.3) is 0 Å². The summed E-state index contributed by atoms with van der Waals surface area (Å²) in [5, 5.41) is 3.21. The van der Waals surface area contributed by atoms with Crippen LogP contribution >= 0.6 is 0 Å². The fourth-order valence-electron chi connectivity index (χ4n) is 2.92. The molecule has 1 amide bonds. The summed E-state index contributed by atoms with van der Waals surface area (Å²) >= 11 is 0. The third-order valence-electron chi connectivity index (χ3n) is 4.39. The molecule has 116 valence electrons. The number of halogens is 3. The third kappa shape index (κ3) is 4.65. The number of rotatable bonds is 6. The molecule has 0 bridgehead atoms. The van der Waals surface area contributed by atoms with Gasteiger partial charge >= 0.3 is 6.18 Å². The van der Waals surface area contributed by atoms with Crippen molar-refractivity contribution in [3.8, 4) is 0 Å². The molecule has 1 heterocycles. The molecule has 2 fully saturated rings. The van der Waals surface area contributed by atoms with Crippen molar-refractivity contribution in [1.82, 2.24) is 10.2 Å². The Labute approximate surface area is 117 Å². The zero-order valence-corrected chi connectivity index (χ0v) is 11.9. The van der Waals surface area contributed by atoms with E-state index in [0.717, 1.165) is 37.3 Å². The number of carbonyl (C=O) groups excluding carboxylic acids is 1. The van der Waals surface area contributed by atoms with Crippen LogP contribution in [0.4, 0.5) is 13.2 Å². The molecular weight excluding hydrogens is 269 g/mol. The monoisotopic (exact) mass is 292 g/mol. The van der Waals surface area contributed by atoms with Crippen LogP contribution in [0.3, 0.4) is 0 Å². The Balaban J connectivity index is 1.88. The lowest BCUT2D eigenvalue weighted by molar-refractivity contribution is -0.166. The zero-order valence-electron chi connectivity index (χ0n) is 11.9. The predicted octanol–water partition coefficient (Wildman–Crippen LogP) is 2.57. The van der Waals surface area contributed by atoms with E-state index in [1.54, 1.807) is 6.92 Å². The number of alkyl halides is 3. The van der Waals surface area contributed by atoms with E-state index >= 15 is 0 Å². The predicted molar refractivity (Wildman–Crippen MR) is 70.2 cm³/mol. The molecule has 0 spiro atoms. The quantitative estimate of drug-likeness (QED) is 0.816. The van der Waals surface area contributed by atoms with Crippen LogP contribution in [0.1, 0.15) is 39.0 Å². The van der Waals surface area contributed by atoms with Gasteiger partial charge in [-0.3, -0.25) is 4.79 Å². The van der Waals surface area contributed by atoms with E-state index in [0.29, 0.717) is 12.3 Å². The molecule has 0 radical (unpaired) electrons. The van der Waals surface area contributed by atoms with Crippen LogP contribution in [0.25, 0.3) is 0 Å². The highest BCUT2D eigenvalue weighted by Gasteiger charge is 2.40. The Bertz CT molecular complexity index is 336. The number of nitrogens with zero attached hydrogens (tertiary/aromatic N) is 1. The van der Waals surface area contributed by atoms with Gasteiger partial charge in [0.15, 0.2) is 0 Å². The second-order valence-electron chi connectivity index (χ2n) is 6.11. The summed E-state index contributed by atoms with van der Waals surface area (Å²) in [5.74, 6) is 0.353. The average Bonchev–Trinajstić information content (AvgIpc) is 3.08. The summed E-state index contributed by atoms with van der Waals surface area (Å²) in [5.41, 5.74) is 0. The first-order valence-corrected chi connectivity index (χ1v) is 7.44. The van der Waals surface area contributed by atoms with Crippen molar-refractivity contribution in [2.45, 2.75) is 51.2 Å². The minimum atomic E-state index is -4.31. The zero-order chi connectivity index (χ0) is 14.8. The van der Waals surface area contributed by atoms with Crippen molar-refractivity contribution in [2.24, 2.45) is 11.8 Å². The van der Waals surface area contributed by atoms with Gasteiger partial charge in [-0.25, -0.2) is 0 Å². The molecule has 1 aliphatic heterocycles. The van der Waals surface area contributed by atoms with Crippen LogP contribution < -0.4 is 5.32 Å². The summed E-state index contributed by atoms with van der Waals surface area (Å²) in [6.45, 7) is 2.47. The van der Waals surface area contributed by atoms with E-state index in [2.05, 4.69) is 5.32 Å². The Hall–Kier alpha value is -0.780. The Morgan fingerprint density at radius 1 is 1.35 bits per heavy atom. The normalized spacial score (nSPS) is 24.7. The summed E-state index contributed by atoms with van der Waals surface area (Å²) in [6.07, 6.45) is -0.486. The van der Waals surface area contributed by atoms with Gasteiger partial charge in [-0.05, 0) is 57.5 Å². The highest BCUT2D eigenvalue weighted by molar-refractivity contribution is 5.76. The molecular formula is C14H23F3N2O. The molecule has 2 aliphatic rings. The van der Waals surface area contributed by atoms with Crippen LogP contribution in [-0.2, 0) is 4.79 Å². The van der Waals surface area contributed by atoms with Gasteiger partial charge in [0.05, 0.1) is 0 Å². The number of hydrogen-bond acceptors (Lipinski definition) is 2. The molecule has 2 rings (SSSR count). The summed E-state index contributed by atoms with van der Waals surface area (Å²) in [7, 11) is 0. The lowest BCUT2D eigenvalue weighted by atomic mass is 10.0. The van der Waals surface area contributed by atoms with Crippen molar-refractivity contribution in [2.75, 3.05) is 19.6 Å². The van der Waals surface area contributed by atoms with Crippen LogP contribution in [0.2, 0.25) is 0 Å². The molecule has 2 unspecified atom stereocenters. The van der Waals surface area contributed by atoms with E-state index < -0.39 is 12.7 Å². The largest absolute Gasteiger partial charge is 0.406 e. The molecule has 2 atom stereocenters. The maximum Gasteiger partial charge on any atom is 0.406 e. The Morgan fingerprint density at radius 3 is 2.55 bits per heavy atom. The fourth-order valence-corrected chi connectivity index (χ4v) is 2.92.